The topological polar surface area (TPSA) is 66.5 Å². The summed E-state index contributed by atoms with van der Waals surface area (Å²) >= 11 is 0. The number of rotatable bonds is 5. The first kappa shape index (κ1) is 20.4. The first-order valence-electron chi connectivity index (χ1n) is 9.10. The summed E-state index contributed by atoms with van der Waals surface area (Å²) in [5.74, 6) is -2.69. The number of sulfonamides is 1. The number of amides is 1. The Hall–Kier alpha value is -2.32. The van der Waals surface area contributed by atoms with Crippen molar-refractivity contribution in [3.8, 4) is 11.1 Å². The zero-order valence-corrected chi connectivity index (χ0v) is 16.3. The summed E-state index contributed by atoms with van der Waals surface area (Å²) in [6.07, 6.45) is 0.288. The number of benzene rings is 2. The summed E-state index contributed by atoms with van der Waals surface area (Å²) < 4.78 is 52.9. The average molecular weight is 408 g/mol. The molecule has 1 aliphatic heterocycles. The maximum atomic E-state index is 13.7. The number of nitrogens with zero attached hydrogens (tertiary/aromatic N) is 1. The van der Waals surface area contributed by atoms with E-state index in [0.717, 1.165) is 17.7 Å². The predicted molar refractivity (Wildman–Crippen MR) is 103 cm³/mol. The van der Waals surface area contributed by atoms with E-state index in [2.05, 4.69) is 5.32 Å². The van der Waals surface area contributed by atoms with Crippen molar-refractivity contribution in [1.82, 2.24) is 9.62 Å². The third kappa shape index (κ3) is 4.39. The highest BCUT2D eigenvalue weighted by Crippen LogP contribution is 2.28. The van der Waals surface area contributed by atoms with Crippen LogP contribution in [0.2, 0.25) is 0 Å². The minimum absolute atomic E-state index is 0.0284. The van der Waals surface area contributed by atoms with Crippen LogP contribution in [0.15, 0.2) is 42.5 Å². The molecule has 0 saturated carbocycles. The van der Waals surface area contributed by atoms with Gasteiger partial charge >= 0.3 is 0 Å². The Kier molecular flexibility index (Phi) is 6.10. The van der Waals surface area contributed by atoms with Crippen LogP contribution in [0.1, 0.15) is 12.5 Å². The second-order valence-electron chi connectivity index (χ2n) is 6.74. The van der Waals surface area contributed by atoms with Gasteiger partial charge in [0.1, 0.15) is 0 Å². The molecule has 5 nitrogen and oxygen atoms in total. The van der Waals surface area contributed by atoms with E-state index in [9.17, 15) is 22.0 Å². The molecule has 0 radical (unpaired) electrons. The quantitative estimate of drug-likeness (QED) is 0.827. The van der Waals surface area contributed by atoms with E-state index in [-0.39, 0.29) is 37.7 Å². The van der Waals surface area contributed by atoms with Gasteiger partial charge < -0.3 is 5.32 Å². The average Bonchev–Trinajstić information content (AvgIpc) is 2.87. The van der Waals surface area contributed by atoms with Gasteiger partial charge in [-0.25, -0.2) is 17.2 Å². The second-order valence-corrected chi connectivity index (χ2v) is 8.99. The van der Waals surface area contributed by atoms with Crippen molar-refractivity contribution in [1.29, 1.82) is 0 Å². The summed E-state index contributed by atoms with van der Waals surface area (Å²) in [6.45, 7) is 2.17. The molecule has 1 amide bonds. The smallest absolute Gasteiger partial charge is 0.224 e. The van der Waals surface area contributed by atoms with Crippen LogP contribution >= 0.6 is 0 Å². The van der Waals surface area contributed by atoms with E-state index < -0.39 is 27.6 Å². The Labute approximate surface area is 163 Å². The van der Waals surface area contributed by atoms with Crippen LogP contribution in [0.5, 0.6) is 0 Å². The summed E-state index contributed by atoms with van der Waals surface area (Å²) in [6, 6.07) is 10.8. The van der Waals surface area contributed by atoms with Crippen molar-refractivity contribution >= 4 is 15.9 Å². The zero-order valence-electron chi connectivity index (χ0n) is 15.5. The third-order valence-corrected chi connectivity index (χ3v) is 6.78. The van der Waals surface area contributed by atoms with Gasteiger partial charge in [0.2, 0.25) is 15.9 Å². The molecule has 1 N–H and O–H groups in total. The molecule has 1 atom stereocenters. The van der Waals surface area contributed by atoms with Gasteiger partial charge in [0.15, 0.2) is 11.6 Å². The van der Waals surface area contributed by atoms with Crippen LogP contribution < -0.4 is 5.32 Å². The minimum Gasteiger partial charge on any atom is -0.354 e. The van der Waals surface area contributed by atoms with E-state index in [4.69, 9.17) is 0 Å². The summed E-state index contributed by atoms with van der Waals surface area (Å²) in [5, 5.41) is 2.76. The molecule has 2 aromatic rings. The normalized spacial score (nSPS) is 18.5. The van der Waals surface area contributed by atoms with E-state index in [1.54, 1.807) is 25.1 Å². The summed E-state index contributed by atoms with van der Waals surface area (Å²) in [4.78, 5) is 12.5. The van der Waals surface area contributed by atoms with Crippen LogP contribution in [-0.2, 0) is 21.2 Å². The Morgan fingerprint density at radius 2 is 1.89 bits per heavy atom. The maximum Gasteiger partial charge on any atom is 0.224 e. The number of carbonyl (C=O) groups is 1. The van der Waals surface area contributed by atoms with Gasteiger partial charge in [-0.3, -0.25) is 4.79 Å². The van der Waals surface area contributed by atoms with Crippen LogP contribution in [0.3, 0.4) is 0 Å². The van der Waals surface area contributed by atoms with Gasteiger partial charge in [0.25, 0.3) is 0 Å². The fraction of sp³-hybridized carbons (Fsp3) is 0.350. The molecule has 150 valence electrons. The molecule has 1 saturated heterocycles. The summed E-state index contributed by atoms with van der Waals surface area (Å²) in [7, 11) is -3.42. The molecule has 3 rings (SSSR count). The third-order valence-electron chi connectivity index (χ3n) is 4.93. The molecule has 0 aliphatic carbocycles. The molecule has 0 bridgehead atoms. The highest BCUT2D eigenvalue weighted by atomic mass is 32.2. The van der Waals surface area contributed by atoms with Crippen molar-refractivity contribution in [3.05, 3.63) is 59.7 Å². The van der Waals surface area contributed by atoms with Crippen molar-refractivity contribution < 1.29 is 22.0 Å². The van der Waals surface area contributed by atoms with Crippen LogP contribution in [0, 0.1) is 17.6 Å². The van der Waals surface area contributed by atoms with Gasteiger partial charge in [0.05, 0.1) is 11.7 Å². The highest BCUT2D eigenvalue weighted by molar-refractivity contribution is 7.89. The second kappa shape index (κ2) is 8.36. The lowest BCUT2D eigenvalue weighted by Crippen LogP contribution is -2.38. The number of nitrogens with one attached hydrogen (secondary N) is 1. The van der Waals surface area contributed by atoms with E-state index in [1.165, 1.54) is 10.4 Å². The molecule has 0 spiro atoms. The van der Waals surface area contributed by atoms with Gasteiger partial charge in [-0.05, 0) is 42.2 Å². The number of carbonyl (C=O) groups excluding carboxylic acids is 1. The molecule has 1 unspecified atom stereocenters. The van der Waals surface area contributed by atoms with Crippen LogP contribution in [0.25, 0.3) is 11.1 Å². The van der Waals surface area contributed by atoms with Crippen molar-refractivity contribution in [2.45, 2.75) is 13.3 Å². The van der Waals surface area contributed by atoms with Gasteiger partial charge in [-0.2, -0.15) is 4.31 Å². The largest absolute Gasteiger partial charge is 0.354 e. The Bertz CT molecular complexity index is 979. The van der Waals surface area contributed by atoms with Crippen molar-refractivity contribution in [3.63, 3.8) is 0 Å². The summed E-state index contributed by atoms with van der Waals surface area (Å²) in [5.41, 5.74) is 1.95. The van der Waals surface area contributed by atoms with Gasteiger partial charge in [0, 0.05) is 19.6 Å². The van der Waals surface area contributed by atoms with E-state index in [1.807, 2.05) is 6.07 Å². The highest BCUT2D eigenvalue weighted by Gasteiger charge is 2.31. The monoisotopic (exact) mass is 408 g/mol. The molecule has 8 heteroatoms. The number of halogens is 2. The lowest BCUT2D eigenvalue weighted by Gasteiger charge is -2.22. The molecule has 2 aromatic carbocycles. The lowest BCUT2D eigenvalue weighted by atomic mass is 9.91. The molecule has 1 fully saturated rings. The minimum atomic E-state index is -3.42. The lowest BCUT2D eigenvalue weighted by molar-refractivity contribution is -0.124. The van der Waals surface area contributed by atoms with Crippen LogP contribution in [-0.4, -0.2) is 44.0 Å². The van der Waals surface area contributed by atoms with E-state index in [0.29, 0.717) is 11.1 Å². The fourth-order valence-corrected chi connectivity index (χ4v) is 4.51. The maximum absolute atomic E-state index is 13.7. The van der Waals surface area contributed by atoms with Crippen LogP contribution in [0.4, 0.5) is 8.78 Å². The van der Waals surface area contributed by atoms with Gasteiger partial charge in [-0.15, -0.1) is 0 Å². The molecular formula is C20H22F2N2O3S. The zero-order chi connectivity index (χ0) is 20.3. The van der Waals surface area contributed by atoms with Crippen molar-refractivity contribution in [2.24, 2.45) is 5.92 Å². The molecule has 1 aliphatic rings. The fourth-order valence-electron chi connectivity index (χ4n) is 3.37. The first-order chi connectivity index (χ1) is 13.3. The Morgan fingerprint density at radius 1 is 1.14 bits per heavy atom. The molecular weight excluding hydrogens is 386 g/mol. The molecule has 28 heavy (non-hydrogen) atoms. The van der Waals surface area contributed by atoms with Gasteiger partial charge in [-0.1, -0.05) is 30.3 Å². The molecule has 0 aromatic heterocycles. The first-order valence-corrected chi connectivity index (χ1v) is 10.7. The molecule has 1 heterocycles. The standard InChI is InChI=1S/C20H22F2N2O3S/c1-2-28(26,27)24-10-9-23-20(25)16(13-24)11-14-5-3-4-6-17(14)15-7-8-18(21)19(22)12-15/h3-8,12,16H,2,9-11,13H2,1H3,(H,23,25). The Morgan fingerprint density at radius 3 is 2.61 bits per heavy atom. The Balaban J connectivity index is 1.92. The SMILES string of the molecule is CCS(=O)(=O)N1CCNC(=O)C(Cc2ccccc2-c2ccc(F)c(F)c2)C1. The van der Waals surface area contributed by atoms with E-state index >= 15 is 0 Å². The number of hydrogen-bond acceptors (Lipinski definition) is 3. The van der Waals surface area contributed by atoms with Crippen molar-refractivity contribution in [2.75, 3.05) is 25.4 Å². The predicted octanol–water partition coefficient (Wildman–Crippen LogP) is 2.57. The number of hydrogen-bond donors (Lipinski definition) is 1.